The van der Waals surface area contributed by atoms with E-state index in [4.69, 9.17) is 4.74 Å². The van der Waals surface area contributed by atoms with Gasteiger partial charge in [-0.25, -0.2) is 4.79 Å². The first-order chi connectivity index (χ1) is 9.04. The molecule has 0 unspecified atom stereocenters. The second kappa shape index (κ2) is 5.02. The van der Waals surface area contributed by atoms with Crippen LogP contribution >= 0.6 is 0 Å². The zero-order valence-electron chi connectivity index (χ0n) is 10.9. The summed E-state index contributed by atoms with van der Waals surface area (Å²) in [6.07, 6.45) is 1.11. The monoisotopic (exact) mass is 257 g/mol. The minimum atomic E-state index is -0.529. The maximum atomic E-state index is 11.5. The molecule has 98 valence electrons. The van der Waals surface area contributed by atoms with Crippen molar-refractivity contribution >= 4 is 22.4 Å². The summed E-state index contributed by atoms with van der Waals surface area (Å²) < 4.78 is 5.31. The predicted octanol–water partition coefficient (Wildman–Crippen LogP) is 2.70. The van der Waals surface area contributed by atoms with Crippen LogP contribution < -0.4 is 9.64 Å². The molecule has 0 saturated carbocycles. The summed E-state index contributed by atoms with van der Waals surface area (Å²) in [4.78, 5) is 13.2. The number of fused-ring (bicyclic) bond motifs is 1. The highest BCUT2D eigenvalue weighted by Crippen LogP contribution is 2.40. The summed E-state index contributed by atoms with van der Waals surface area (Å²) >= 11 is 0. The van der Waals surface area contributed by atoms with Gasteiger partial charge in [-0.1, -0.05) is 30.8 Å². The van der Waals surface area contributed by atoms with E-state index in [0.717, 1.165) is 6.08 Å². The van der Waals surface area contributed by atoms with Crippen molar-refractivity contribution in [3.8, 4) is 11.5 Å². The maximum Gasteiger partial charge on any atom is 0.335 e. The normalized spacial score (nSPS) is 10.2. The molecule has 0 aliphatic heterocycles. The van der Waals surface area contributed by atoms with Crippen LogP contribution in [0.5, 0.6) is 11.5 Å². The third-order valence-corrected chi connectivity index (χ3v) is 2.80. The van der Waals surface area contributed by atoms with Gasteiger partial charge in [-0.15, -0.1) is 0 Å². The minimum Gasteiger partial charge on any atom is -0.507 e. The number of carbonyl (C=O) groups excluding carboxylic acids is 1. The Morgan fingerprint density at radius 1 is 1.32 bits per heavy atom. The number of rotatable bonds is 3. The summed E-state index contributed by atoms with van der Waals surface area (Å²) in [5.74, 6) is 0.0416. The minimum absolute atomic E-state index is 0.151. The van der Waals surface area contributed by atoms with E-state index >= 15 is 0 Å². The van der Waals surface area contributed by atoms with E-state index < -0.39 is 5.97 Å². The van der Waals surface area contributed by atoms with E-state index in [9.17, 15) is 9.90 Å². The molecule has 0 fully saturated rings. The van der Waals surface area contributed by atoms with Gasteiger partial charge in [-0.2, -0.15) is 0 Å². The third kappa shape index (κ3) is 2.38. The molecule has 0 aliphatic carbocycles. The number of aromatic hydroxyl groups is 1. The molecule has 1 N–H and O–H groups in total. The van der Waals surface area contributed by atoms with Crippen LogP contribution in [-0.2, 0) is 4.79 Å². The molecule has 0 aromatic heterocycles. The number of nitrogens with zero attached hydrogens (tertiary/aromatic N) is 1. The first kappa shape index (κ1) is 13.0. The molecule has 0 aliphatic rings. The van der Waals surface area contributed by atoms with E-state index in [0.29, 0.717) is 22.2 Å². The van der Waals surface area contributed by atoms with Crippen LogP contribution in [0, 0.1) is 0 Å². The Hall–Kier alpha value is -2.49. The molecule has 0 amide bonds. The van der Waals surface area contributed by atoms with E-state index in [2.05, 4.69) is 6.58 Å². The van der Waals surface area contributed by atoms with Crippen molar-refractivity contribution in [1.82, 2.24) is 0 Å². The number of phenolic OH excluding ortho intramolecular Hbond substituents is 1. The zero-order valence-corrected chi connectivity index (χ0v) is 10.9. The Kier molecular flexibility index (Phi) is 3.42. The second-order valence-corrected chi connectivity index (χ2v) is 4.31. The fourth-order valence-corrected chi connectivity index (χ4v) is 1.90. The molecule has 0 bridgehead atoms. The average Bonchev–Trinajstić information content (AvgIpc) is 2.41. The molecule has 4 heteroatoms. The zero-order chi connectivity index (χ0) is 14.0. The molecule has 2 aromatic carbocycles. The van der Waals surface area contributed by atoms with E-state index in [1.165, 1.54) is 0 Å². The van der Waals surface area contributed by atoms with Crippen LogP contribution in [0.4, 0.5) is 5.69 Å². The van der Waals surface area contributed by atoms with Gasteiger partial charge in [0.05, 0.1) is 5.69 Å². The summed E-state index contributed by atoms with van der Waals surface area (Å²) in [6.45, 7) is 3.39. The topological polar surface area (TPSA) is 49.8 Å². The first-order valence-electron chi connectivity index (χ1n) is 5.81. The van der Waals surface area contributed by atoms with Gasteiger partial charge in [0.2, 0.25) is 0 Å². The lowest BCUT2D eigenvalue weighted by Crippen LogP contribution is -2.13. The predicted molar refractivity (Wildman–Crippen MR) is 75.8 cm³/mol. The number of esters is 1. The Balaban J connectivity index is 2.75. The van der Waals surface area contributed by atoms with Crippen molar-refractivity contribution in [2.75, 3.05) is 19.0 Å². The summed E-state index contributed by atoms with van der Waals surface area (Å²) in [5, 5.41) is 11.4. The number of hydrogen-bond acceptors (Lipinski definition) is 4. The van der Waals surface area contributed by atoms with Crippen LogP contribution in [0.3, 0.4) is 0 Å². The van der Waals surface area contributed by atoms with Gasteiger partial charge < -0.3 is 14.7 Å². The molecular weight excluding hydrogens is 242 g/mol. The number of hydrogen-bond donors (Lipinski definition) is 1. The van der Waals surface area contributed by atoms with Crippen molar-refractivity contribution in [2.45, 2.75) is 0 Å². The molecule has 4 nitrogen and oxygen atoms in total. The molecule has 0 radical (unpaired) electrons. The number of ether oxygens (including phenoxy) is 1. The smallest absolute Gasteiger partial charge is 0.335 e. The van der Waals surface area contributed by atoms with Crippen LogP contribution in [0.25, 0.3) is 10.8 Å². The van der Waals surface area contributed by atoms with Gasteiger partial charge >= 0.3 is 5.97 Å². The van der Waals surface area contributed by atoms with E-state index in [1.54, 1.807) is 23.1 Å². The molecular formula is C15H15NO3. The first-order valence-corrected chi connectivity index (χ1v) is 5.81. The van der Waals surface area contributed by atoms with Gasteiger partial charge in [-0.3, -0.25) is 0 Å². The Bertz CT molecular complexity index is 647. The van der Waals surface area contributed by atoms with Crippen LogP contribution in [0.15, 0.2) is 43.0 Å². The highest BCUT2D eigenvalue weighted by Gasteiger charge is 2.16. The summed E-state index contributed by atoms with van der Waals surface area (Å²) in [5.41, 5.74) is 0.631. The van der Waals surface area contributed by atoms with Gasteiger partial charge in [0.25, 0.3) is 0 Å². The van der Waals surface area contributed by atoms with Crippen LogP contribution in [0.2, 0.25) is 0 Å². The quantitative estimate of drug-likeness (QED) is 0.522. The molecule has 2 aromatic rings. The molecule has 19 heavy (non-hydrogen) atoms. The van der Waals surface area contributed by atoms with Crippen molar-refractivity contribution < 1.29 is 14.6 Å². The van der Waals surface area contributed by atoms with E-state index in [-0.39, 0.29) is 5.75 Å². The van der Waals surface area contributed by atoms with Crippen LogP contribution in [-0.4, -0.2) is 25.2 Å². The molecule has 0 spiro atoms. The maximum absolute atomic E-state index is 11.5. The second-order valence-electron chi connectivity index (χ2n) is 4.31. The lowest BCUT2D eigenvalue weighted by atomic mass is 10.1. The Morgan fingerprint density at radius 2 is 1.95 bits per heavy atom. The fraction of sp³-hybridized carbons (Fsp3) is 0.133. The highest BCUT2D eigenvalue weighted by atomic mass is 16.5. The number of benzene rings is 2. The van der Waals surface area contributed by atoms with Gasteiger partial charge in [0.1, 0.15) is 5.75 Å². The lowest BCUT2D eigenvalue weighted by molar-refractivity contribution is -0.128. The molecule has 0 saturated heterocycles. The fourth-order valence-electron chi connectivity index (χ4n) is 1.90. The SMILES string of the molecule is C=CC(=O)Oc1c(N(C)C)cc(O)c2ccccc12. The van der Waals surface area contributed by atoms with Gasteiger partial charge in [0.15, 0.2) is 5.75 Å². The number of carbonyl (C=O) groups is 1. The lowest BCUT2D eigenvalue weighted by Gasteiger charge is -2.19. The van der Waals surface area contributed by atoms with E-state index in [1.807, 2.05) is 26.2 Å². The van der Waals surface area contributed by atoms with Crippen molar-refractivity contribution in [3.63, 3.8) is 0 Å². The number of anilines is 1. The Morgan fingerprint density at radius 3 is 2.53 bits per heavy atom. The van der Waals surface area contributed by atoms with Gasteiger partial charge in [-0.05, 0) is 0 Å². The largest absolute Gasteiger partial charge is 0.507 e. The number of phenols is 1. The standard InChI is InChI=1S/C15H15NO3/c1-4-14(18)19-15-11-8-6-5-7-10(11)13(17)9-12(15)16(2)3/h4-9,17H,1H2,2-3H3. The third-order valence-electron chi connectivity index (χ3n) is 2.80. The van der Waals surface area contributed by atoms with Crippen molar-refractivity contribution in [3.05, 3.63) is 43.0 Å². The van der Waals surface area contributed by atoms with Crippen molar-refractivity contribution in [2.24, 2.45) is 0 Å². The molecule has 0 heterocycles. The summed E-state index contributed by atoms with van der Waals surface area (Å²) in [7, 11) is 3.63. The van der Waals surface area contributed by atoms with Crippen molar-refractivity contribution in [1.29, 1.82) is 0 Å². The molecule has 2 rings (SSSR count). The summed E-state index contributed by atoms with van der Waals surface area (Å²) in [6, 6.07) is 8.79. The van der Waals surface area contributed by atoms with Crippen LogP contribution in [0.1, 0.15) is 0 Å². The van der Waals surface area contributed by atoms with Gasteiger partial charge in [0, 0.05) is 37.0 Å². The average molecular weight is 257 g/mol. The molecule has 0 atom stereocenters. The Labute approximate surface area is 111 Å². The highest BCUT2D eigenvalue weighted by molar-refractivity contribution is 6.00.